The summed E-state index contributed by atoms with van der Waals surface area (Å²) in [5, 5.41) is 6.80. The first kappa shape index (κ1) is 26.3. The van der Waals surface area contributed by atoms with Crippen LogP contribution >= 0.6 is 24.0 Å². The van der Waals surface area contributed by atoms with Crippen molar-refractivity contribution in [2.24, 2.45) is 10.9 Å². The minimum absolute atomic E-state index is 0. The molecule has 0 aromatic heterocycles. The monoisotopic (exact) mass is 532 g/mol. The van der Waals surface area contributed by atoms with Crippen molar-refractivity contribution in [2.75, 3.05) is 47.9 Å². The van der Waals surface area contributed by atoms with Crippen molar-refractivity contribution in [3.05, 3.63) is 23.8 Å². The SMILES string of the molecule is COc1ccc(CCNC(=NCC(=O)N(C)C)NCC2CCCCC2)cc1OC.I. The lowest BCUT2D eigenvalue weighted by atomic mass is 9.89. The average Bonchev–Trinajstić information content (AvgIpc) is 2.75. The third kappa shape index (κ3) is 8.97. The van der Waals surface area contributed by atoms with Gasteiger partial charge < -0.3 is 25.0 Å². The van der Waals surface area contributed by atoms with Gasteiger partial charge >= 0.3 is 0 Å². The number of rotatable bonds is 9. The van der Waals surface area contributed by atoms with Crippen LogP contribution in [0.1, 0.15) is 37.7 Å². The number of methoxy groups -OCH3 is 2. The second kappa shape index (κ2) is 14.3. The maximum atomic E-state index is 11.9. The third-order valence-corrected chi connectivity index (χ3v) is 5.31. The Kier molecular flexibility index (Phi) is 12.6. The normalized spacial score (nSPS) is 14.5. The summed E-state index contributed by atoms with van der Waals surface area (Å²) in [5.41, 5.74) is 1.14. The predicted octanol–water partition coefficient (Wildman–Crippen LogP) is 3.07. The lowest BCUT2D eigenvalue weighted by Gasteiger charge is -2.23. The number of carbonyl (C=O) groups excluding carboxylic acids is 1. The highest BCUT2D eigenvalue weighted by Gasteiger charge is 2.14. The van der Waals surface area contributed by atoms with Gasteiger partial charge in [-0.1, -0.05) is 25.3 Å². The van der Waals surface area contributed by atoms with Crippen molar-refractivity contribution < 1.29 is 14.3 Å². The first-order chi connectivity index (χ1) is 14.0. The van der Waals surface area contributed by atoms with Crippen LogP contribution in [0.2, 0.25) is 0 Å². The number of halogens is 1. The van der Waals surface area contributed by atoms with Crippen molar-refractivity contribution in [2.45, 2.75) is 38.5 Å². The smallest absolute Gasteiger partial charge is 0.243 e. The van der Waals surface area contributed by atoms with Crippen LogP contribution in [0.15, 0.2) is 23.2 Å². The minimum atomic E-state index is -0.0105. The van der Waals surface area contributed by atoms with E-state index >= 15 is 0 Å². The molecule has 1 amide bonds. The van der Waals surface area contributed by atoms with Crippen LogP contribution in [-0.4, -0.2) is 64.7 Å². The minimum Gasteiger partial charge on any atom is -0.493 e. The number of hydrogen-bond acceptors (Lipinski definition) is 4. The van der Waals surface area contributed by atoms with Gasteiger partial charge in [0, 0.05) is 27.2 Å². The standard InChI is InChI=1S/C22H36N4O3.HI/c1-26(2)21(27)16-25-22(24-15-18-8-6-5-7-9-18)23-13-12-17-10-11-19(28-3)20(14-17)29-4;/h10-11,14,18H,5-9,12-13,15-16H2,1-4H3,(H2,23,24,25);1H. The molecule has 1 aromatic carbocycles. The Morgan fingerprint density at radius 1 is 1.10 bits per heavy atom. The lowest BCUT2D eigenvalue weighted by Crippen LogP contribution is -2.41. The molecule has 170 valence electrons. The van der Waals surface area contributed by atoms with Crippen LogP contribution in [0, 0.1) is 5.92 Å². The Hall–Kier alpha value is -1.71. The molecule has 0 radical (unpaired) electrons. The van der Waals surface area contributed by atoms with Gasteiger partial charge in [-0.3, -0.25) is 4.79 Å². The second-order valence-corrected chi connectivity index (χ2v) is 7.70. The van der Waals surface area contributed by atoms with Crippen LogP contribution in [0.25, 0.3) is 0 Å². The molecule has 0 unspecified atom stereocenters. The molecule has 1 saturated carbocycles. The van der Waals surface area contributed by atoms with E-state index < -0.39 is 0 Å². The fraction of sp³-hybridized carbons (Fsp3) is 0.636. The number of benzene rings is 1. The number of hydrogen-bond donors (Lipinski definition) is 2. The van der Waals surface area contributed by atoms with E-state index in [9.17, 15) is 4.79 Å². The zero-order chi connectivity index (χ0) is 21.1. The molecule has 0 spiro atoms. The molecule has 2 N–H and O–H groups in total. The third-order valence-electron chi connectivity index (χ3n) is 5.31. The van der Waals surface area contributed by atoms with E-state index in [0.717, 1.165) is 30.0 Å². The molecule has 0 heterocycles. The molecular formula is C22H37IN4O3. The van der Waals surface area contributed by atoms with Crippen LogP contribution in [-0.2, 0) is 11.2 Å². The Bertz CT molecular complexity index is 676. The van der Waals surface area contributed by atoms with E-state index in [1.54, 1.807) is 33.2 Å². The van der Waals surface area contributed by atoms with Gasteiger partial charge in [0.1, 0.15) is 6.54 Å². The highest BCUT2D eigenvalue weighted by molar-refractivity contribution is 14.0. The molecule has 7 nitrogen and oxygen atoms in total. The Balaban J connectivity index is 0.00000450. The second-order valence-electron chi connectivity index (χ2n) is 7.70. The number of carbonyl (C=O) groups is 1. The Morgan fingerprint density at radius 2 is 1.80 bits per heavy atom. The number of aliphatic imine (C=N–C) groups is 1. The molecule has 1 aliphatic carbocycles. The maximum Gasteiger partial charge on any atom is 0.243 e. The number of nitrogens with zero attached hydrogens (tertiary/aromatic N) is 2. The molecule has 30 heavy (non-hydrogen) atoms. The van der Waals surface area contributed by atoms with Gasteiger partial charge in [0.05, 0.1) is 14.2 Å². The summed E-state index contributed by atoms with van der Waals surface area (Å²) in [4.78, 5) is 18.0. The fourth-order valence-corrected chi connectivity index (χ4v) is 3.46. The van der Waals surface area contributed by atoms with E-state index in [0.29, 0.717) is 18.4 Å². The van der Waals surface area contributed by atoms with Crippen molar-refractivity contribution in [1.82, 2.24) is 15.5 Å². The van der Waals surface area contributed by atoms with Crippen LogP contribution < -0.4 is 20.1 Å². The van der Waals surface area contributed by atoms with E-state index in [4.69, 9.17) is 9.47 Å². The molecule has 0 bridgehead atoms. The van der Waals surface area contributed by atoms with Gasteiger partial charge in [-0.15, -0.1) is 24.0 Å². The molecule has 1 fully saturated rings. The highest BCUT2D eigenvalue weighted by Crippen LogP contribution is 2.27. The van der Waals surface area contributed by atoms with Crippen LogP contribution in [0.4, 0.5) is 0 Å². The average molecular weight is 532 g/mol. The zero-order valence-electron chi connectivity index (χ0n) is 18.7. The van der Waals surface area contributed by atoms with Gasteiger partial charge in [0.15, 0.2) is 17.5 Å². The van der Waals surface area contributed by atoms with Gasteiger partial charge in [-0.2, -0.15) is 0 Å². The Labute approximate surface area is 198 Å². The highest BCUT2D eigenvalue weighted by atomic mass is 127. The Morgan fingerprint density at radius 3 is 2.43 bits per heavy atom. The summed E-state index contributed by atoms with van der Waals surface area (Å²) in [6.07, 6.45) is 7.31. The summed E-state index contributed by atoms with van der Waals surface area (Å²) >= 11 is 0. The van der Waals surface area contributed by atoms with Gasteiger partial charge in [0.2, 0.25) is 5.91 Å². The zero-order valence-corrected chi connectivity index (χ0v) is 21.0. The molecule has 1 aromatic rings. The molecule has 2 rings (SSSR count). The van der Waals surface area contributed by atoms with Gasteiger partial charge in [-0.05, 0) is 42.9 Å². The maximum absolute atomic E-state index is 11.9. The molecule has 0 aliphatic heterocycles. The summed E-state index contributed by atoms with van der Waals surface area (Å²) in [5.74, 6) is 2.83. The fourth-order valence-electron chi connectivity index (χ4n) is 3.46. The van der Waals surface area contributed by atoms with Gasteiger partial charge in [0.25, 0.3) is 0 Å². The van der Waals surface area contributed by atoms with E-state index in [-0.39, 0.29) is 36.4 Å². The quantitative estimate of drug-likeness (QED) is 0.291. The number of amides is 1. The van der Waals surface area contributed by atoms with E-state index in [2.05, 4.69) is 15.6 Å². The summed E-state index contributed by atoms with van der Waals surface area (Å²) in [7, 11) is 6.77. The summed E-state index contributed by atoms with van der Waals surface area (Å²) < 4.78 is 10.7. The molecule has 1 aliphatic rings. The van der Waals surface area contributed by atoms with Crippen molar-refractivity contribution in [1.29, 1.82) is 0 Å². The molecule has 0 atom stereocenters. The van der Waals surface area contributed by atoms with E-state index in [1.165, 1.54) is 32.1 Å². The van der Waals surface area contributed by atoms with Crippen LogP contribution in [0.5, 0.6) is 11.5 Å². The van der Waals surface area contributed by atoms with Crippen molar-refractivity contribution in [3.63, 3.8) is 0 Å². The number of likely N-dealkylation sites (N-methyl/N-ethyl adjacent to an activating group) is 1. The number of ether oxygens (including phenoxy) is 2. The first-order valence-corrected chi connectivity index (χ1v) is 10.5. The van der Waals surface area contributed by atoms with Gasteiger partial charge in [-0.25, -0.2) is 4.99 Å². The first-order valence-electron chi connectivity index (χ1n) is 10.5. The number of guanidine groups is 1. The molecular weight excluding hydrogens is 495 g/mol. The summed E-state index contributed by atoms with van der Waals surface area (Å²) in [6, 6.07) is 5.94. The number of nitrogens with one attached hydrogen (secondary N) is 2. The predicted molar refractivity (Wildman–Crippen MR) is 132 cm³/mol. The largest absolute Gasteiger partial charge is 0.493 e. The van der Waals surface area contributed by atoms with Crippen molar-refractivity contribution >= 4 is 35.8 Å². The van der Waals surface area contributed by atoms with Crippen molar-refractivity contribution in [3.8, 4) is 11.5 Å². The summed E-state index contributed by atoms with van der Waals surface area (Å²) in [6.45, 7) is 1.75. The lowest BCUT2D eigenvalue weighted by molar-refractivity contribution is -0.127. The topological polar surface area (TPSA) is 75.2 Å². The molecule has 8 heteroatoms. The van der Waals surface area contributed by atoms with E-state index in [1.807, 2.05) is 18.2 Å². The van der Waals surface area contributed by atoms with Crippen LogP contribution in [0.3, 0.4) is 0 Å². The molecule has 0 saturated heterocycles.